The van der Waals surface area contributed by atoms with E-state index in [2.05, 4.69) is 4.98 Å². The SMILES string of the molecule is Cn1c(SCC(=O)N(Cc2ccccc2F)C2CC2)nc2ccccc2c1=O. The lowest BCUT2D eigenvalue weighted by molar-refractivity contribution is -0.129. The molecule has 1 heterocycles. The van der Waals surface area contributed by atoms with E-state index in [0.717, 1.165) is 12.8 Å². The van der Waals surface area contributed by atoms with Crippen LogP contribution in [-0.4, -0.2) is 32.2 Å². The molecule has 1 aliphatic carbocycles. The highest BCUT2D eigenvalue weighted by Gasteiger charge is 2.33. The van der Waals surface area contributed by atoms with Crippen molar-refractivity contribution in [3.8, 4) is 0 Å². The van der Waals surface area contributed by atoms with Crippen molar-refractivity contribution >= 4 is 28.6 Å². The molecule has 0 aliphatic heterocycles. The van der Waals surface area contributed by atoms with Gasteiger partial charge in [0.2, 0.25) is 5.91 Å². The standard InChI is InChI=1S/C21H20FN3O2S/c1-24-20(27)16-7-3-5-9-18(16)23-21(24)28-13-19(26)25(15-10-11-15)12-14-6-2-4-8-17(14)22/h2-9,15H,10-13H2,1H3. The minimum Gasteiger partial charge on any atom is -0.335 e. The van der Waals surface area contributed by atoms with Crippen molar-refractivity contribution < 1.29 is 9.18 Å². The van der Waals surface area contributed by atoms with Crippen molar-refractivity contribution in [3.63, 3.8) is 0 Å². The van der Waals surface area contributed by atoms with E-state index in [9.17, 15) is 14.0 Å². The number of fused-ring (bicyclic) bond motifs is 1. The van der Waals surface area contributed by atoms with Crippen molar-refractivity contribution in [1.29, 1.82) is 0 Å². The van der Waals surface area contributed by atoms with Crippen LogP contribution < -0.4 is 5.56 Å². The first-order valence-corrected chi connectivity index (χ1v) is 10.1. The Balaban J connectivity index is 1.51. The Morgan fingerprint density at radius 2 is 1.93 bits per heavy atom. The molecule has 2 aromatic carbocycles. The molecule has 0 bridgehead atoms. The average Bonchev–Trinajstić information content (AvgIpc) is 3.54. The number of aromatic nitrogens is 2. The fraction of sp³-hybridized carbons (Fsp3) is 0.286. The summed E-state index contributed by atoms with van der Waals surface area (Å²) in [5.74, 6) is -0.214. The number of carbonyl (C=O) groups excluding carboxylic acids is 1. The number of nitrogens with zero attached hydrogens (tertiary/aromatic N) is 3. The minimum atomic E-state index is -0.299. The maximum Gasteiger partial charge on any atom is 0.261 e. The average molecular weight is 397 g/mol. The number of benzene rings is 2. The van der Waals surface area contributed by atoms with E-state index in [1.54, 1.807) is 48.3 Å². The van der Waals surface area contributed by atoms with Crippen LogP contribution in [0.1, 0.15) is 18.4 Å². The molecule has 4 rings (SSSR count). The summed E-state index contributed by atoms with van der Waals surface area (Å²) in [4.78, 5) is 31.6. The predicted molar refractivity (Wildman–Crippen MR) is 108 cm³/mol. The van der Waals surface area contributed by atoms with Gasteiger partial charge in [0.25, 0.3) is 5.56 Å². The van der Waals surface area contributed by atoms with Gasteiger partial charge in [-0.05, 0) is 31.0 Å². The van der Waals surface area contributed by atoms with Gasteiger partial charge in [0.1, 0.15) is 5.82 Å². The molecule has 1 saturated carbocycles. The highest BCUT2D eigenvalue weighted by atomic mass is 32.2. The molecular formula is C21H20FN3O2S. The third-order valence-corrected chi connectivity index (χ3v) is 5.89. The third-order valence-electron chi connectivity index (χ3n) is 4.87. The van der Waals surface area contributed by atoms with Gasteiger partial charge in [-0.15, -0.1) is 0 Å². The molecular weight excluding hydrogens is 377 g/mol. The van der Waals surface area contributed by atoms with Crippen LogP contribution in [0.25, 0.3) is 10.9 Å². The van der Waals surface area contributed by atoms with Gasteiger partial charge in [0.15, 0.2) is 5.16 Å². The highest BCUT2D eigenvalue weighted by Crippen LogP contribution is 2.30. The van der Waals surface area contributed by atoms with E-state index in [1.807, 2.05) is 6.07 Å². The Morgan fingerprint density at radius 1 is 1.21 bits per heavy atom. The van der Waals surface area contributed by atoms with Crippen LogP contribution in [0.2, 0.25) is 0 Å². The lowest BCUT2D eigenvalue weighted by Gasteiger charge is -2.23. The molecule has 0 atom stereocenters. The Morgan fingerprint density at radius 3 is 2.68 bits per heavy atom. The molecule has 5 nitrogen and oxygen atoms in total. The fourth-order valence-electron chi connectivity index (χ4n) is 3.15. The van der Waals surface area contributed by atoms with Crippen molar-refractivity contribution in [1.82, 2.24) is 14.5 Å². The lowest BCUT2D eigenvalue weighted by atomic mass is 10.2. The van der Waals surface area contributed by atoms with Crippen LogP contribution >= 0.6 is 11.8 Å². The second kappa shape index (κ2) is 7.75. The van der Waals surface area contributed by atoms with Crippen LogP contribution in [0.4, 0.5) is 4.39 Å². The topological polar surface area (TPSA) is 55.2 Å². The van der Waals surface area contributed by atoms with Gasteiger partial charge in [0.05, 0.1) is 16.7 Å². The predicted octanol–water partition coefficient (Wildman–Crippen LogP) is 3.36. The van der Waals surface area contributed by atoms with Gasteiger partial charge in [-0.25, -0.2) is 9.37 Å². The van der Waals surface area contributed by atoms with Crippen LogP contribution in [0.3, 0.4) is 0 Å². The van der Waals surface area contributed by atoms with Crippen molar-refractivity contribution in [2.45, 2.75) is 30.6 Å². The second-order valence-corrected chi connectivity index (χ2v) is 7.85. The normalized spacial score (nSPS) is 13.6. The summed E-state index contributed by atoms with van der Waals surface area (Å²) < 4.78 is 15.5. The number of hydrogen-bond acceptors (Lipinski definition) is 4. The van der Waals surface area contributed by atoms with Crippen LogP contribution in [-0.2, 0) is 18.4 Å². The Labute approximate surface area is 166 Å². The fourth-order valence-corrected chi connectivity index (χ4v) is 4.01. The largest absolute Gasteiger partial charge is 0.335 e. The zero-order valence-electron chi connectivity index (χ0n) is 15.5. The highest BCUT2D eigenvalue weighted by molar-refractivity contribution is 7.99. The van der Waals surface area contributed by atoms with E-state index in [-0.39, 0.29) is 35.6 Å². The molecule has 144 valence electrons. The molecule has 28 heavy (non-hydrogen) atoms. The van der Waals surface area contributed by atoms with E-state index >= 15 is 0 Å². The van der Waals surface area contributed by atoms with Gasteiger partial charge < -0.3 is 4.90 Å². The second-order valence-electron chi connectivity index (χ2n) is 6.91. The smallest absolute Gasteiger partial charge is 0.261 e. The van der Waals surface area contributed by atoms with E-state index in [4.69, 9.17) is 0 Å². The molecule has 1 aromatic heterocycles. The quantitative estimate of drug-likeness (QED) is 0.473. The van der Waals surface area contributed by atoms with Gasteiger partial charge in [-0.2, -0.15) is 0 Å². The summed E-state index contributed by atoms with van der Waals surface area (Å²) in [5.41, 5.74) is 1.00. The van der Waals surface area contributed by atoms with E-state index < -0.39 is 0 Å². The van der Waals surface area contributed by atoms with Crippen LogP contribution in [0.5, 0.6) is 0 Å². The third kappa shape index (κ3) is 3.80. The molecule has 0 unspecified atom stereocenters. The zero-order chi connectivity index (χ0) is 19.7. The number of halogens is 1. The monoisotopic (exact) mass is 397 g/mol. The summed E-state index contributed by atoms with van der Waals surface area (Å²) in [6.45, 7) is 0.265. The molecule has 1 amide bonds. The summed E-state index contributed by atoms with van der Waals surface area (Å²) in [7, 11) is 1.66. The molecule has 0 saturated heterocycles. The van der Waals surface area contributed by atoms with Gasteiger partial charge in [-0.1, -0.05) is 42.1 Å². The maximum atomic E-state index is 14.0. The first-order chi connectivity index (χ1) is 13.5. The molecule has 1 aliphatic rings. The summed E-state index contributed by atoms with van der Waals surface area (Å²) in [6.07, 6.45) is 1.88. The van der Waals surface area contributed by atoms with Crippen molar-refractivity contribution in [2.75, 3.05) is 5.75 Å². The van der Waals surface area contributed by atoms with E-state index in [0.29, 0.717) is 21.6 Å². The molecule has 0 spiro atoms. The van der Waals surface area contributed by atoms with Crippen LogP contribution in [0, 0.1) is 5.82 Å². The summed E-state index contributed by atoms with van der Waals surface area (Å²) in [5, 5.41) is 1.05. The molecule has 1 fully saturated rings. The number of amides is 1. The zero-order valence-corrected chi connectivity index (χ0v) is 16.3. The number of hydrogen-bond donors (Lipinski definition) is 0. The first kappa shape index (κ1) is 18.7. The molecule has 0 radical (unpaired) electrons. The van der Waals surface area contributed by atoms with E-state index in [1.165, 1.54) is 22.4 Å². The van der Waals surface area contributed by atoms with Gasteiger partial charge in [0, 0.05) is 25.2 Å². The Hall–Kier alpha value is -2.67. The Bertz CT molecular complexity index is 1090. The number of rotatable bonds is 6. The maximum absolute atomic E-state index is 14.0. The van der Waals surface area contributed by atoms with Gasteiger partial charge >= 0.3 is 0 Å². The number of carbonyl (C=O) groups is 1. The lowest BCUT2D eigenvalue weighted by Crippen LogP contribution is -2.34. The summed E-state index contributed by atoms with van der Waals surface area (Å²) >= 11 is 1.24. The molecule has 7 heteroatoms. The van der Waals surface area contributed by atoms with Crippen molar-refractivity contribution in [2.24, 2.45) is 7.05 Å². The number of thioether (sulfide) groups is 1. The number of para-hydroxylation sites is 1. The van der Waals surface area contributed by atoms with Gasteiger partial charge in [-0.3, -0.25) is 14.2 Å². The van der Waals surface area contributed by atoms with Crippen LogP contribution in [0.15, 0.2) is 58.5 Å². The van der Waals surface area contributed by atoms with Crippen molar-refractivity contribution in [3.05, 3.63) is 70.3 Å². The first-order valence-electron chi connectivity index (χ1n) is 9.16. The Kier molecular flexibility index (Phi) is 5.17. The minimum absolute atomic E-state index is 0.0711. The molecule has 3 aromatic rings. The summed E-state index contributed by atoms with van der Waals surface area (Å²) in [6, 6.07) is 13.9. The molecule has 0 N–H and O–H groups in total.